The number of carbonyl (C=O) groups is 2. The number of carbonyl (C=O) groups excluding carboxylic acids is 1. The predicted octanol–water partition coefficient (Wildman–Crippen LogP) is 2.85. The predicted molar refractivity (Wildman–Crippen MR) is 86.4 cm³/mol. The van der Waals surface area contributed by atoms with Gasteiger partial charge in [0.25, 0.3) is 0 Å². The SMILES string of the molecule is COC1=C(Cl)CC2(C)C(=C1)OC(C(=O)O)CN2C(=O)OC(C)(C)C. The van der Waals surface area contributed by atoms with E-state index < -0.39 is 29.3 Å². The van der Waals surface area contributed by atoms with E-state index in [9.17, 15) is 14.7 Å². The van der Waals surface area contributed by atoms with Crippen LogP contribution in [0.5, 0.6) is 0 Å². The second kappa shape index (κ2) is 6.20. The number of aliphatic carboxylic acids is 1. The van der Waals surface area contributed by atoms with Crippen LogP contribution in [-0.4, -0.2) is 53.0 Å². The Morgan fingerprint density at radius 2 is 2.08 bits per heavy atom. The van der Waals surface area contributed by atoms with E-state index >= 15 is 0 Å². The molecular formula is C16H22ClNO6. The number of methoxy groups -OCH3 is 1. The Labute approximate surface area is 145 Å². The molecule has 1 saturated heterocycles. The van der Waals surface area contributed by atoms with E-state index in [4.69, 9.17) is 25.8 Å². The fraction of sp³-hybridized carbons (Fsp3) is 0.625. The molecule has 8 heteroatoms. The summed E-state index contributed by atoms with van der Waals surface area (Å²) in [5, 5.41) is 9.74. The number of nitrogens with zero attached hydrogens (tertiary/aromatic N) is 1. The third kappa shape index (κ3) is 3.45. The molecule has 1 amide bonds. The average Bonchev–Trinajstić information content (AvgIpc) is 2.42. The van der Waals surface area contributed by atoms with Gasteiger partial charge in [-0.1, -0.05) is 11.6 Å². The van der Waals surface area contributed by atoms with Crippen molar-refractivity contribution >= 4 is 23.7 Å². The molecule has 0 aromatic rings. The quantitative estimate of drug-likeness (QED) is 0.816. The van der Waals surface area contributed by atoms with Crippen molar-refractivity contribution in [3.63, 3.8) is 0 Å². The van der Waals surface area contributed by atoms with E-state index in [1.165, 1.54) is 18.1 Å². The molecule has 0 aromatic heterocycles. The lowest BCUT2D eigenvalue weighted by atomic mass is 9.86. The topological polar surface area (TPSA) is 85.3 Å². The number of allylic oxidation sites excluding steroid dienone is 1. The molecule has 0 bridgehead atoms. The molecular weight excluding hydrogens is 338 g/mol. The number of morpholine rings is 1. The Balaban J connectivity index is 2.43. The minimum absolute atomic E-state index is 0.134. The van der Waals surface area contributed by atoms with Gasteiger partial charge in [-0.25, -0.2) is 9.59 Å². The van der Waals surface area contributed by atoms with Gasteiger partial charge in [0.2, 0.25) is 6.10 Å². The van der Waals surface area contributed by atoms with Crippen molar-refractivity contribution in [3.05, 3.63) is 22.6 Å². The maximum atomic E-state index is 12.6. The maximum Gasteiger partial charge on any atom is 0.411 e. The van der Waals surface area contributed by atoms with Crippen LogP contribution in [0.3, 0.4) is 0 Å². The van der Waals surface area contributed by atoms with Crippen LogP contribution in [0.1, 0.15) is 34.1 Å². The van der Waals surface area contributed by atoms with Crippen LogP contribution in [0.4, 0.5) is 4.79 Å². The first-order chi connectivity index (χ1) is 11.0. The second-order valence-electron chi connectivity index (χ2n) is 6.97. The molecule has 1 N–H and O–H groups in total. The Hall–Kier alpha value is -1.89. The average molecular weight is 360 g/mol. The number of halogens is 1. The zero-order chi connectivity index (χ0) is 18.3. The van der Waals surface area contributed by atoms with Gasteiger partial charge in [0.15, 0.2) is 0 Å². The molecule has 24 heavy (non-hydrogen) atoms. The molecule has 1 aliphatic heterocycles. The third-order valence-corrected chi connectivity index (χ3v) is 4.20. The summed E-state index contributed by atoms with van der Waals surface area (Å²) in [6.45, 7) is 6.86. The maximum absolute atomic E-state index is 12.6. The molecule has 134 valence electrons. The highest BCUT2D eigenvalue weighted by Gasteiger charge is 2.51. The lowest BCUT2D eigenvalue weighted by molar-refractivity contribution is -0.155. The Morgan fingerprint density at radius 1 is 1.46 bits per heavy atom. The van der Waals surface area contributed by atoms with Crippen molar-refractivity contribution in [3.8, 4) is 0 Å². The van der Waals surface area contributed by atoms with Gasteiger partial charge in [-0.3, -0.25) is 4.90 Å². The normalized spacial score (nSPS) is 27.0. The summed E-state index contributed by atoms with van der Waals surface area (Å²) < 4.78 is 16.2. The molecule has 2 rings (SSSR count). The molecule has 1 heterocycles. The highest BCUT2D eigenvalue weighted by atomic mass is 35.5. The van der Waals surface area contributed by atoms with E-state index in [1.807, 2.05) is 0 Å². The lowest BCUT2D eigenvalue weighted by Gasteiger charge is -2.48. The Kier molecular flexibility index (Phi) is 4.77. The van der Waals surface area contributed by atoms with E-state index in [0.717, 1.165) is 0 Å². The van der Waals surface area contributed by atoms with Crippen LogP contribution in [0.25, 0.3) is 0 Å². The zero-order valence-electron chi connectivity index (χ0n) is 14.4. The molecule has 0 spiro atoms. The van der Waals surface area contributed by atoms with Gasteiger partial charge in [0.05, 0.1) is 18.7 Å². The number of hydrogen-bond acceptors (Lipinski definition) is 5. The van der Waals surface area contributed by atoms with Gasteiger partial charge in [-0.15, -0.1) is 0 Å². The summed E-state index contributed by atoms with van der Waals surface area (Å²) in [5.41, 5.74) is -1.65. The van der Waals surface area contributed by atoms with Gasteiger partial charge in [0, 0.05) is 12.5 Å². The molecule has 0 saturated carbocycles. The van der Waals surface area contributed by atoms with E-state index in [-0.39, 0.29) is 13.0 Å². The Bertz CT molecular complexity index is 621. The fourth-order valence-electron chi connectivity index (χ4n) is 2.67. The molecule has 0 aromatic carbocycles. The summed E-state index contributed by atoms with van der Waals surface area (Å²) in [4.78, 5) is 25.4. The van der Waals surface area contributed by atoms with Crippen LogP contribution >= 0.6 is 11.6 Å². The first kappa shape index (κ1) is 18.4. The van der Waals surface area contributed by atoms with Crippen molar-refractivity contribution < 1.29 is 28.9 Å². The number of amides is 1. The van der Waals surface area contributed by atoms with Gasteiger partial charge >= 0.3 is 12.1 Å². The minimum atomic E-state index is -1.19. The fourth-order valence-corrected chi connectivity index (χ4v) is 3.06. The standard InChI is InChI=1S/C16H22ClNO6/c1-15(2,3)24-14(21)18-8-11(13(19)20)23-12-6-10(22-5)9(17)7-16(12,18)4/h6,11H,7-8H2,1-5H3,(H,19,20). The number of rotatable bonds is 2. The van der Waals surface area contributed by atoms with Gasteiger partial charge < -0.3 is 19.3 Å². The largest absolute Gasteiger partial charge is 0.495 e. The highest BCUT2D eigenvalue weighted by molar-refractivity contribution is 6.30. The minimum Gasteiger partial charge on any atom is -0.495 e. The van der Waals surface area contributed by atoms with E-state index in [0.29, 0.717) is 16.6 Å². The van der Waals surface area contributed by atoms with Crippen molar-refractivity contribution in [1.29, 1.82) is 0 Å². The monoisotopic (exact) mass is 359 g/mol. The smallest absolute Gasteiger partial charge is 0.411 e. The summed E-state index contributed by atoms with van der Waals surface area (Å²) in [7, 11) is 1.46. The van der Waals surface area contributed by atoms with Crippen molar-refractivity contribution in [2.45, 2.75) is 51.4 Å². The Morgan fingerprint density at radius 3 is 2.58 bits per heavy atom. The van der Waals surface area contributed by atoms with Gasteiger partial charge in [0.1, 0.15) is 22.7 Å². The first-order valence-corrected chi connectivity index (χ1v) is 7.90. The lowest BCUT2D eigenvalue weighted by Crippen LogP contribution is -2.61. The molecule has 1 fully saturated rings. The molecule has 0 radical (unpaired) electrons. The van der Waals surface area contributed by atoms with Crippen molar-refractivity contribution in [2.75, 3.05) is 13.7 Å². The van der Waals surface area contributed by atoms with Crippen molar-refractivity contribution in [1.82, 2.24) is 4.90 Å². The van der Waals surface area contributed by atoms with Crippen LogP contribution in [0.15, 0.2) is 22.6 Å². The first-order valence-electron chi connectivity index (χ1n) is 7.53. The molecule has 7 nitrogen and oxygen atoms in total. The molecule has 2 atom stereocenters. The molecule has 2 unspecified atom stereocenters. The number of hydrogen-bond donors (Lipinski definition) is 1. The highest BCUT2D eigenvalue weighted by Crippen LogP contribution is 2.43. The molecule has 1 aliphatic carbocycles. The van der Waals surface area contributed by atoms with Crippen LogP contribution in [0, 0.1) is 0 Å². The zero-order valence-corrected chi connectivity index (χ0v) is 15.1. The van der Waals surface area contributed by atoms with Gasteiger partial charge in [-0.05, 0) is 27.7 Å². The summed E-state index contributed by atoms with van der Waals surface area (Å²) in [6, 6.07) is 0. The summed E-state index contributed by atoms with van der Waals surface area (Å²) >= 11 is 6.25. The number of fused-ring (bicyclic) bond motifs is 1. The van der Waals surface area contributed by atoms with E-state index in [1.54, 1.807) is 27.7 Å². The van der Waals surface area contributed by atoms with Crippen molar-refractivity contribution in [2.24, 2.45) is 0 Å². The van der Waals surface area contributed by atoms with Crippen LogP contribution < -0.4 is 0 Å². The number of carboxylic acid groups (broad SMARTS) is 1. The molecule has 2 aliphatic rings. The summed E-state index contributed by atoms with van der Waals surface area (Å²) in [5.74, 6) is -0.460. The number of carboxylic acids is 1. The van der Waals surface area contributed by atoms with Gasteiger partial charge in [-0.2, -0.15) is 0 Å². The van der Waals surface area contributed by atoms with Crippen LogP contribution in [-0.2, 0) is 19.0 Å². The van der Waals surface area contributed by atoms with E-state index in [2.05, 4.69) is 0 Å². The third-order valence-electron chi connectivity index (χ3n) is 3.88. The van der Waals surface area contributed by atoms with Crippen LogP contribution in [0.2, 0.25) is 0 Å². The number of ether oxygens (including phenoxy) is 3. The summed E-state index contributed by atoms with van der Waals surface area (Å²) in [6.07, 6.45) is -0.0319. The second-order valence-corrected chi connectivity index (χ2v) is 7.42.